The molecule has 0 spiro atoms. The number of nitrogens with zero attached hydrogens (tertiary/aromatic N) is 4. The summed E-state index contributed by atoms with van der Waals surface area (Å²) < 4.78 is 12.2. The van der Waals surface area contributed by atoms with Gasteiger partial charge in [0, 0.05) is 43.5 Å². The number of likely N-dealkylation sites (tertiary alicyclic amines) is 1. The Morgan fingerprint density at radius 1 is 1.22 bits per heavy atom. The number of aliphatic hydroxyl groups is 2. The average molecular weight is 446 g/mol. The molecule has 1 amide bonds. The molecular weight excluding hydrogens is 411 g/mol. The van der Waals surface area contributed by atoms with E-state index in [-0.39, 0.29) is 5.92 Å². The number of anilines is 1. The van der Waals surface area contributed by atoms with Gasteiger partial charge < -0.3 is 29.3 Å². The zero-order valence-corrected chi connectivity index (χ0v) is 19.5. The smallest absolute Gasteiger partial charge is 0.399 e. The van der Waals surface area contributed by atoms with Crippen LogP contribution in [0.1, 0.15) is 53.4 Å². The molecule has 2 unspecified atom stereocenters. The lowest BCUT2D eigenvalue weighted by molar-refractivity contribution is -0.143. The van der Waals surface area contributed by atoms with E-state index in [9.17, 15) is 9.90 Å². The highest BCUT2D eigenvalue weighted by atomic mass is 16.7. The Kier molecular flexibility index (Phi) is 6.51. The van der Waals surface area contributed by atoms with Gasteiger partial charge in [-0.2, -0.15) is 0 Å². The number of carbonyl (C=O) groups excluding carboxylic acids is 1. The maximum absolute atomic E-state index is 12.3. The predicted octanol–water partition coefficient (Wildman–Crippen LogP) is 0.336. The van der Waals surface area contributed by atoms with Crippen LogP contribution in [0.3, 0.4) is 0 Å². The molecule has 2 aliphatic heterocycles. The fourth-order valence-electron chi connectivity index (χ4n) is 4.34. The van der Waals surface area contributed by atoms with Crippen LogP contribution in [0.15, 0.2) is 12.4 Å². The first-order chi connectivity index (χ1) is 15.1. The Balaban J connectivity index is 1.42. The molecule has 176 valence electrons. The normalized spacial score (nSPS) is 25.6. The van der Waals surface area contributed by atoms with Gasteiger partial charge in [0.25, 0.3) is 5.91 Å². The van der Waals surface area contributed by atoms with E-state index in [1.54, 1.807) is 17.3 Å². The second kappa shape index (κ2) is 8.89. The van der Waals surface area contributed by atoms with Gasteiger partial charge in [-0.3, -0.25) is 4.79 Å². The predicted molar refractivity (Wildman–Crippen MR) is 121 cm³/mol. The Bertz CT molecular complexity index is 801. The topological polar surface area (TPSA) is 108 Å². The minimum Gasteiger partial charge on any atom is -0.399 e. The van der Waals surface area contributed by atoms with Crippen molar-refractivity contribution in [3.8, 4) is 0 Å². The van der Waals surface area contributed by atoms with Gasteiger partial charge in [-0.15, -0.1) is 0 Å². The number of piperidine rings is 1. The molecule has 4 rings (SSSR count). The summed E-state index contributed by atoms with van der Waals surface area (Å²) in [4.78, 5) is 25.5. The number of hydrogen-bond donors (Lipinski definition) is 2. The second-order valence-electron chi connectivity index (χ2n) is 10.3. The quantitative estimate of drug-likeness (QED) is 0.578. The summed E-state index contributed by atoms with van der Waals surface area (Å²) in [6.07, 6.45) is 6.35. The Morgan fingerprint density at radius 2 is 1.84 bits per heavy atom. The van der Waals surface area contributed by atoms with Crippen molar-refractivity contribution in [1.29, 1.82) is 0 Å². The van der Waals surface area contributed by atoms with Gasteiger partial charge in [-0.1, -0.05) is 0 Å². The largest absolute Gasteiger partial charge is 0.498 e. The van der Waals surface area contributed by atoms with Crippen molar-refractivity contribution < 1.29 is 24.3 Å². The molecule has 3 fully saturated rings. The third-order valence-electron chi connectivity index (χ3n) is 7.17. The molecule has 3 heterocycles. The van der Waals surface area contributed by atoms with Gasteiger partial charge in [-0.25, -0.2) is 9.97 Å². The van der Waals surface area contributed by atoms with E-state index < -0.39 is 36.9 Å². The summed E-state index contributed by atoms with van der Waals surface area (Å²) >= 11 is 0. The minimum atomic E-state index is -1.33. The average Bonchev–Trinajstić information content (AvgIpc) is 3.58. The van der Waals surface area contributed by atoms with Gasteiger partial charge in [0.1, 0.15) is 0 Å². The second-order valence-corrected chi connectivity index (χ2v) is 10.3. The Morgan fingerprint density at radius 3 is 2.41 bits per heavy atom. The van der Waals surface area contributed by atoms with Crippen LogP contribution in [0, 0.1) is 5.92 Å². The van der Waals surface area contributed by atoms with Crippen molar-refractivity contribution in [1.82, 2.24) is 14.9 Å². The summed E-state index contributed by atoms with van der Waals surface area (Å²) in [6.45, 7) is 9.50. The van der Waals surface area contributed by atoms with E-state index in [1.165, 1.54) is 0 Å². The van der Waals surface area contributed by atoms with Crippen LogP contribution in [0.4, 0.5) is 5.95 Å². The summed E-state index contributed by atoms with van der Waals surface area (Å²) in [7, 11) is -0.487. The van der Waals surface area contributed by atoms with Crippen molar-refractivity contribution in [2.75, 3.05) is 31.1 Å². The molecule has 1 saturated carbocycles. The van der Waals surface area contributed by atoms with Crippen LogP contribution in [0.5, 0.6) is 0 Å². The molecule has 0 radical (unpaired) electrons. The van der Waals surface area contributed by atoms with Crippen molar-refractivity contribution in [2.24, 2.45) is 5.92 Å². The van der Waals surface area contributed by atoms with E-state index in [4.69, 9.17) is 14.4 Å². The number of hydrogen-bond acceptors (Lipinski definition) is 8. The van der Waals surface area contributed by atoms with E-state index in [2.05, 4.69) is 14.9 Å². The molecule has 9 nitrogen and oxygen atoms in total. The fourth-order valence-corrected chi connectivity index (χ4v) is 4.34. The van der Waals surface area contributed by atoms with E-state index >= 15 is 0 Å². The van der Waals surface area contributed by atoms with Gasteiger partial charge in [0.2, 0.25) is 5.95 Å². The highest BCUT2D eigenvalue weighted by molar-refractivity contribution is 6.61. The molecule has 2 saturated heterocycles. The van der Waals surface area contributed by atoms with Crippen molar-refractivity contribution >= 4 is 24.4 Å². The highest BCUT2D eigenvalue weighted by Crippen LogP contribution is 2.36. The Hall–Kier alpha value is -1.75. The van der Waals surface area contributed by atoms with Crippen LogP contribution >= 0.6 is 0 Å². The summed E-state index contributed by atoms with van der Waals surface area (Å²) in [5.74, 6) is 0.565. The Labute approximate surface area is 190 Å². The molecule has 32 heavy (non-hydrogen) atoms. The molecule has 0 bridgehead atoms. The van der Waals surface area contributed by atoms with Crippen LogP contribution in [0.25, 0.3) is 0 Å². The molecule has 2 atom stereocenters. The van der Waals surface area contributed by atoms with Gasteiger partial charge >= 0.3 is 7.12 Å². The van der Waals surface area contributed by atoms with E-state index in [1.807, 2.05) is 27.7 Å². The van der Waals surface area contributed by atoms with E-state index in [0.717, 1.165) is 37.7 Å². The lowest BCUT2D eigenvalue weighted by Crippen LogP contribution is -2.48. The fraction of sp³-hybridized carbons (Fsp3) is 0.773. The summed E-state index contributed by atoms with van der Waals surface area (Å²) in [6, 6.07) is 0.423. The summed E-state index contributed by atoms with van der Waals surface area (Å²) in [5, 5.41) is 18.8. The zero-order chi connectivity index (χ0) is 23.1. The SMILES string of the molecule is CC1(C)OB(c2cnc(N(CC3CCCN(C(=O)C(O)CO)C3)C3CC3)nc2)OC1(C)C. The molecule has 1 aromatic heterocycles. The first kappa shape index (κ1) is 23.4. The molecular formula is C22H35BN4O5. The molecule has 10 heteroatoms. The third-order valence-corrected chi connectivity index (χ3v) is 7.17. The van der Waals surface area contributed by atoms with Gasteiger partial charge in [-0.05, 0) is 59.3 Å². The standard InChI is InChI=1S/C22H35BN4O5/c1-21(2)22(3,4)32-23(31-21)16-10-24-20(25-11-16)27(17-7-8-17)13-15-6-5-9-26(12-15)19(30)18(29)14-28/h10-11,15,17-18,28-29H,5-9,12-14H2,1-4H3. The number of aromatic nitrogens is 2. The first-order valence-electron chi connectivity index (χ1n) is 11.6. The van der Waals surface area contributed by atoms with Crippen molar-refractivity contribution in [2.45, 2.75) is 76.7 Å². The van der Waals surface area contributed by atoms with Crippen LogP contribution in [-0.2, 0) is 14.1 Å². The molecule has 1 aliphatic carbocycles. The minimum absolute atomic E-state index is 0.269. The van der Waals surface area contributed by atoms with E-state index in [0.29, 0.717) is 25.1 Å². The maximum atomic E-state index is 12.3. The van der Waals surface area contributed by atoms with Crippen molar-refractivity contribution in [3.63, 3.8) is 0 Å². The number of carbonyl (C=O) groups is 1. The lowest BCUT2D eigenvalue weighted by Gasteiger charge is -2.36. The third kappa shape index (κ3) is 4.78. The number of aliphatic hydroxyl groups excluding tert-OH is 2. The summed E-state index contributed by atoms with van der Waals surface area (Å²) in [5.41, 5.74) is -0.0234. The molecule has 3 aliphatic rings. The maximum Gasteiger partial charge on any atom is 0.498 e. The van der Waals surface area contributed by atoms with Crippen LogP contribution in [0.2, 0.25) is 0 Å². The highest BCUT2D eigenvalue weighted by Gasteiger charge is 2.52. The van der Waals surface area contributed by atoms with Gasteiger partial charge in [0.15, 0.2) is 6.10 Å². The molecule has 0 aromatic carbocycles. The van der Waals surface area contributed by atoms with Crippen molar-refractivity contribution in [3.05, 3.63) is 12.4 Å². The zero-order valence-electron chi connectivity index (χ0n) is 19.5. The number of rotatable bonds is 7. The molecule has 1 aromatic rings. The molecule has 2 N–H and O–H groups in total. The van der Waals surface area contributed by atoms with Crippen LogP contribution in [-0.4, -0.2) is 87.7 Å². The number of amides is 1. The van der Waals surface area contributed by atoms with Crippen LogP contribution < -0.4 is 10.4 Å². The monoisotopic (exact) mass is 446 g/mol. The lowest BCUT2D eigenvalue weighted by atomic mass is 9.81. The first-order valence-corrected chi connectivity index (χ1v) is 11.6. The van der Waals surface area contributed by atoms with Gasteiger partial charge in [0.05, 0.1) is 17.8 Å².